The van der Waals surface area contributed by atoms with Crippen LogP contribution >= 0.6 is 0 Å². The molecule has 0 bridgehead atoms. The lowest BCUT2D eigenvalue weighted by Crippen LogP contribution is -2.52. The molecule has 0 aromatic heterocycles. The minimum absolute atomic E-state index is 0.104. The zero-order chi connectivity index (χ0) is 25.5. The summed E-state index contributed by atoms with van der Waals surface area (Å²) in [7, 11) is -2.34. The van der Waals surface area contributed by atoms with Gasteiger partial charge in [-0.05, 0) is 42.3 Å². The molecule has 0 spiro atoms. The van der Waals surface area contributed by atoms with E-state index >= 15 is 0 Å². The standard InChI is InChI=1S/C28H33N3O4S/c1-3-35-25-14-16-26(17-15-25)36(33,34)29(2)22-27(32)30-18-20-31(21-19-30)28(23-10-6-4-7-11-23)24-12-8-5-9-13-24/h4-17,28H,3,18-22H2,1-2H3. The Hall–Kier alpha value is -3.20. The molecule has 0 unspecified atom stereocenters. The van der Waals surface area contributed by atoms with Crippen LogP contribution in [0, 0.1) is 0 Å². The van der Waals surface area contributed by atoms with Crippen molar-refractivity contribution in [3.63, 3.8) is 0 Å². The molecule has 3 aromatic carbocycles. The van der Waals surface area contributed by atoms with Gasteiger partial charge in [0.1, 0.15) is 5.75 Å². The molecule has 190 valence electrons. The average Bonchev–Trinajstić information content (AvgIpc) is 2.91. The Kier molecular flexibility index (Phi) is 8.40. The smallest absolute Gasteiger partial charge is 0.243 e. The minimum atomic E-state index is -3.78. The van der Waals surface area contributed by atoms with E-state index in [1.165, 1.54) is 30.3 Å². The fourth-order valence-corrected chi connectivity index (χ4v) is 5.66. The van der Waals surface area contributed by atoms with Gasteiger partial charge < -0.3 is 9.64 Å². The number of benzene rings is 3. The van der Waals surface area contributed by atoms with E-state index in [0.29, 0.717) is 38.5 Å². The van der Waals surface area contributed by atoms with Gasteiger partial charge in [0.2, 0.25) is 15.9 Å². The lowest BCUT2D eigenvalue weighted by molar-refractivity contribution is -0.133. The van der Waals surface area contributed by atoms with Crippen molar-refractivity contribution < 1.29 is 17.9 Å². The molecule has 1 fully saturated rings. The van der Waals surface area contributed by atoms with Crippen LogP contribution < -0.4 is 4.74 Å². The summed E-state index contributed by atoms with van der Waals surface area (Å²) in [6.45, 7) is 4.68. The summed E-state index contributed by atoms with van der Waals surface area (Å²) in [6.07, 6.45) is 0. The number of carbonyl (C=O) groups is 1. The van der Waals surface area contributed by atoms with Crippen molar-refractivity contribution in [1.82, 2.24) is 14.1 Å². The second-order valence-corrected chi connectivity index (χ2v) is 10.9. The van der Waals surface area contributed by atoms with Crippen LogP contribution in [0.15, 0.2) is 89.8 Å². The van der Waals surface area contributed by atoms with E-state index in [1.807, 2.05) is 43.3 Å². The maximum absolute atomic E-state index is 13.0. The summed E-state index contributed by atoms with van der Waals surface area (Å²) < 4.78 is 32.5. The first kappa shape index (κ1) is 25.9. The molecule has 1 aliphatic heterocycles. The van der Waals surface area contributed by atoms with Gasteiger partial charge in [0.25, 0.3) is 0 Å². The average molecular weight is 508 g/mol. The van der Waals surface area contributed by atoms with Gasteiger partial charge in [0.05, 0.1) is 24.1 Å². The maximum atomic E-state index is 13.0. The number of likely N-dealkylation sites (N-methyl/N-ethyl adjacent to an activating group) is 1. The summed E-state index contributed by atoms with van der Waals surface area (Å²) in [5.41, 5.74) is 2.43. The quantitative estimate of drug-likeness (QED) is 0.442. The second-order valence-electron chi connectivity index (χ2n) is 8.81. The van der Waals surface area contributed by atoms with Crippen molar-refractivity contribution in [2.24, 2.45) is 0 Å². The molecule has 0 aliphatic carbocycles. The molecule has 1 aliphatic rings. The van der Waals surface area contributed by atoms with E-state index in [1.54, 1.807) is 17.0 Å². The van der Waals surface area contributed by atoms with Crippen LogP contribution in [0.2, 0.25) is 0 Å². The lowest BCUT2D eigenvalue weighted by atomic mass is 9.96. The Balaban J connectivity index is 1.39. The molecule has 3 aromatic rings. The predicted molar refractivity (Wildman–Crippen MR) is 140 cm³/mol. The highest BCUT2D eigenvalue weighted by atomic mass is 32.2. The predicted octanol–water partition coefficient (Wildman–Crippen LogP) is 3.64. The van der Waals surface area contributed by atoms with Gasteiger partial charge in [0.15, 0.2) is 0 Å². The summed E-state index contributed by atoms with van der Waals surface area (Å²) in [5.74, 6) is 0.417. The largest absolute Gasteiger partial charge is 0.494 e. The van der Waals surface area contributed by atoms with E-state index in [2.05, 4.69) is 29.2 Å². The highest BCUT2D eigenvalue weighted by molar-refractivity contribution is 7.89. The molecule has 0 saturated carbocycles. The number of rotatable bonds is 9. The molecule has 1 heterocycles. The van der Waals surface area contributed by atoms with Crippen LogP contribution in [0.5, 0.6) is 5.75 Å². The molecule has 0 radical (unpaired) electrons. The molecule has 8 heteroatoms. The number of nitrogens with zero attached hydrogens (tertiary/aromatic N) is 3. The van der Waals surface area contributed by atoms with Crippen molar-refractivity contribution in [2.75, 3.05) is 46.4 Å². The summed E-state index contributed by atoms with van der Waals surface area (Å²) in [6, 6.07) is 27.1. The number of carbonyl (C=O) groups excluding carboxylic acids is 1. The molecule has 1 saturated heterocycles. The van der Waals surface area contributed by atoms with Crippen molar-refractivity contribution >= 4 is 15.9 Å². The van der Waals surface area contributed by atoms with E-state index < -0.39 is 10.0 Å². The van der Waals surface area contributed by atoms with Gasteiger partial charge in [0, 0.05) is 33.2 Å². The third-order valence-corrected chi connectivity index (χ3v) is 8.28. The normalized spacial score (nSPS) is 14.8. The third-order valence-electron chi connectivity index (χ3n) is 6.46. The molecular formula is C28H33N3O4S. The highest BCUT2D eigenvalue weighted by Crippen LogP contribution is 2.29. The van der Waals surface area contributed by atoms with Gasteiger partial charge in [-0.3, -0.25) is 9.69 Å². The van der Waals surface area contributed by atoms with Crippen molar-refractivity contribution in [2.45, 2.75) is 17.9 Å². The second kappa shape index (κ2) is 11.7. The Morgan fingerprint density at radius 3 is 1.89 bits per heavy atom. The third kappa shape index (κ3) is 5.95. The summed E-state index contributed by atoms with van der Waals surface area (Å²) in [5, 5.41) is 0. The van der Waals surface area contributed by atoms with Crippen molar-refractivity contribution in [1.29, 1.82) is 0 Å². The van der Waals surface area contributed by atoms with Crippen molar-refractivity contribution in [3.8, 4) is 5.75 Å². The van der Waals surface area contributed by atoms with Crippen LogP contribution in [-0.4, -0.2) is 74.8 Å². The van der Waals surface area contributed by atoms with Gasteiger partial charge in [-0.1, -0.05) is 60.7 Å². The van der Waals surface area contributed by atoms with Gasteiger partial charge in [-0.2, -0.15) is 4.31 Å². The number of sulfonamides is 1. The molecule has 0 atom stereocenters. The Labute approximate surface area is 214 Å². The first-order chi connectivity index (χ1) is 17.4. The Bertz CT molecular complexity index is 1190. The fourth-order valence-electron chi connectivity index (χ4n) is 4.54. The molecule has 7 nitrogen and oxygen atoms in total. The number of ether oxygens (including phenoxy) is 1. The van der Waals surface area contributed by atoms with Crippen LogP contribution in [0.4, 0.5) is 0 Å². The van der Waals surface area contributed by atoms with E-state index in [9.17, 15) is 13.2 Å². The Morgan fingerprint density at radius 2 is 1.39 bits per heavy atom. The first-order valence-electron chi connectivity index (χ1n) is 12.2. The zero-order valence-corrected chi connectivity index (χ0v) is 21.6. The number of hydrogen-bond acceptors (Lipinski definition) is 5. The minimum Gasteiger partial charge on any atom is -0.494 e. The topological polar surface area (TPSA) is 70.2 Å². The van der Waals surface area contributed by atoms with Crippen molar-refractivity contribution in [3.05, 3.63) is 96.1 Å². The van der Waals surface area contributed by atoms with Crippen LogP contribution in [-0.2, 0) is 14.8 Å². The molecule has 36 heavy (non-hydrogen) atoms. The van der Waals surface area contributed by atoms with E-state index in [4.69, 9.17) is 4.74 Å². The Morgan fingerprint density at radius 1 is 0.861 bits per heavy atom. The van der Waals surface area contributed by atoms with Crippen LogP contribution in [0.25, 0.3) is 0 Å². The lowest BCUT2D eigenvalue weighted by Gasteiger charge is -2.40. The molecular weight excluding hydrogens is 474 g/mol. The van der Waals surface area contributed by atoms with Gasteiger partial charge in [-0.25, -0.2) is 8.42 Å². The zero-order valence-electron chi connectivity index (χ0n) is 20.8. The SMILES string of the molecule is CCOc1ccc(S(=O)(=O)N(C)CC(=O)N2CCN(C(c3ccccc3)c3ccccc3)CC2)cc1. The monoisotopic (exact) mass is 507 g/mol. The fraction of sp³-hybridized carbons (Fsp3) is 0.321. The number of hydrogen-bond donors (Lipinski definition) is 0. The van der Waals surface area contributed by atoms with Crippen LogP contribution in [0.1, 0.15) is 24.1 Å². The highest BCUT2D eigenvalue weighted by Gasteiger charge is 2.30. The summed E-state index contributed by atoms with van der Waals surface area (Å²) >= 11 is 0. The first-order valence-corrected chi connectivity index (χ1v) is 13.6. The number of amides is 1. The molecule has 0 N–H and O–H groups in total. The van der Waals surface area contributed by atoms with E-state index in [-0.39, 0.29) is 23.4 Å². The molecule has 1 amide bonds. The van der Waals surface area contributed by atoms with Crippen LogP contribution in [0.3, 0.4) is 0 Å². The van der Waals surface area contributed by atoms with Gasteiger partial charge in [-0.15, -0.1) is 0 Å². The maximum Gasteiger partial charge on any atom is 0.243 e. The van der Waals surface area contributed by atoms with E-state index in [0.717, 1.165) is 4.31 Å². The van der Waals surface area contributed by atoms with Gasteiger partial charge >= 0.3 is 0 Å². The molecule has 4 rings (SSSR count). The summed E-state index contributed by atoms with van der Waals surface area (Å²) in [4.78, 5) is 17.3. The number of piperazine rings is 1.